The van der Waals surface area contributed by atoms with Crippen molar-refractivity contribution < 1.29 is 19.1 Å². The average Bonchev–Trinajstić information content (AvgIpc) is 3.37. The van der Waals surface area contributed by atoms with Gasteiger partial charge in [0.1, 0.15) is 0 Å². The number of hydrogen-bond donors (Lipinski definition) is 1. The number of amides is 3. The van der Waals surface area contributed by atoms with Crippen LogP contribution in [0.2, 0.25) is 5.02 Å². The van der Waals surface area contributed by atoms with Crippen LogP contribution in [0.3, 0.4) is 0 Å². The molecule has 2 aromatic rings. The van der Waals surface area contributed by atoms with Gasteiger partial charge in [0.05, 0.1) is 23.1 Å². The molecule has 0 saturated carbocycles. The van der Waals surface area contributed by atoms with Gasteiger partial charge < -0.3 is 15.0 Å². The molecule has 8 nitrogen and oxygen atoms in total. The number of nitrogens with one attached hydrogen (secondary N) is 1. The van der Waals surface area contributed by atoms with Gasteiger partial charge in [-0.25, -0.2) is 9.59 Å². The molecule has 3 amide bonds. The van der Waals surface area contributed by atoms with Gasteiger partial charge in [-0.3, -0.25) is 14.6 Å². The highest BCUT2D eigenvalue weighted by molar-refractivity contribution is 7.12. The summed E-state index contributed by atoms with van der Waals surface area (Å²) in [7, 11) is 1.65. The van der Waals surface area contributed by atoms with Gasteiger partial charge in [0.25, 0.3) is 5.91 Å². The molecule has 4 rings (SSSR count). The maximum Gasteiger partial charge on any atom is 0.338 e. The number of piperazine rings is 1. The van der Waals surface area contributed by atoms with Crippen LogP contribution in [0, 0.1) is 0 Å². The Morgan fingerprint density at radius 3 is 2.59 bits per heavy atom. The molecule has 0 spiro atoms. The molecule has 1 aromatic heterocycles. The molecule has 1 atom stereocenters. The van der Waals surface area contributed by atoms with Crippen molar-refractivity contribution in [2.45, 2.75) is 13.0 Å². The highest BCUT2D eigenvalue weighted by atomic mass is 35.5. The minimum atomic E-state index is -0.668. The Bertz CT molecular complexity index is 1100. The standard InChI is InChI=1S/C24H27ClN4O4S/c1-3-33-23(31)20-18(27(2)24(32)26-21(20)16-6-4-7-17(25)14-16)15-28-9-11-29(12-10-28)22(30)19-8-5-13-34-19/h4-8,13-14,21H,3,9-12,15H2,1-2H3,(H,26,32)/t21-/m1/s1. The summed E-state index contributed by atoms with van der Waals surface area (Å²) in [4.78, 5) is 44.8. The minimum Gasteiger partial charge on any atom is -0.463 e. The average molecular weight is 503 g/mol. The zero-order valence-electron chi connectivity index (χ0n) is 19.1. The molecule has 0 radical (unpaired) electrons. The van der Waals surface area contributed by atoms with Gasteiger partial charge in [0, 0.05) is 50.5 Å². The highest BCUT2D eigenvalue weighted by Crippen LogP contribution is 2.32. The lowest BCUT2D eigenvalue weighted by Crippen LogP contribution is -2.53. The summed E-state index contributed by atoms with van der Waals surface area (Å²) in [6.45, 7) is 4.78. The number of thiophene rings is 1. The number of halogens is 1. The quantitative estimate of drug-likeness (QED) is 0.612. The van der Waals surface area contributed by atoms with Crippen LogP contribution in [0.4, 0.5) is 4.79 Å². The molecule has 1 aromatic carbocycles. The van der Waals surface area contributed by atoms with Crippen molar-refractivity contribution in [1.82, 2.24) is 20.0 Å². The van der Waals surface area contributed by atoms with Crippen molar-refractivity contribution in [3.05, 3.63) is 68.5 Å². The second kappa shape index (κ2) is 10.6. The number of carbonyl (C=O) groups excluding carboxylic acids is 3. The number of rotatable bonds is 6. The Morgan fingerprint density at radius 2 is 1.94 bits per heavy atom. The van der Waals surface area contributed by atoms with Gasteiger partial charge in [0.15, 0.2) is 0 Å². The highest BCUT2D eigenvalue weighted by Gasteiger charge is 2.38. The zero-order chi connectivity index (χ0) is 24.2. The van der Waals surface area contributed by atoms with E-state index in [0.29, 0.717) is 54.6 Å². The van der Waals surface area contributed by atoms with Gasteiger partial charge in [-0.05, 0) is 36.1 Å². The van der Waals surface area contributed by atoms with E-state index in [0.717, 1.165) is 4.88 Å². The van der Waals surface area contributed by atoms with E-state index in [1.807, 2.05) is 28.5 Å². The number of esters is 1. The molecular weight excluding hydrogens is 476 g/mol. The molecule has 2 aliphatic rings. The van der Waals surface area contributed by atoms with Gasteiger partial charge in [-0.15, -0.1) is 11.3 Å². The van der Waals surface area contributed by atoms with Crippen LogP contribution in [-0.2, 0) is 9.53 Å². The molecule has 1 N–H and O–H groups in total. The van der Waals surface area contributed by atoms with E-state index in [-0.39, 0.29) is 18.5 Å². The smallest absolute Gasteiger partial charge is 0.338 e. The summed E-state index contributed by atoms with van der Waals surface area (Å²) in [5.41, 5.74) is 1.69. The van der Waals surface area contributed by atoms with E-state index in [2.05, 4.69) is 10.2 Å². The first-order chi connectivity index (χ1) is 16.4. The summed E-state index contributed by atoms with van der Waals surface area (Å²) < 4.78 is 5.38. The topological polar surface area (TPSA) is 82.2 Å². The lowest BCUT2D eigenvalue weighted by Gasteiger charge is -2.39. The monoisotopic (exact) mass is 502 g/mol. The van der Waals surface area contributed by atoms with Crippen LogP contribution >= 0.6 is 22.9 Å². The molecule has 34 heavy (non-hydrogen) atoms. The molecule has 3 heterocycles. The summed E-state index contributed by atoms with van der Waals surface area (Å²) in [6.07, 6.45) is 0. The van der Waals surface area contributed by atoms with Crippen molar-refractivity contribution in [3.8, 4) is 0 Å². The lowest BCUT2D eigenvalue weighted by atomic mass is 9.94. The largest absolute Gasteiger partial charge is 0.463 e. The third-order valence-electron chi connectivity index (χ3n) is 6.02. The molecule has 1 saturated heterocycles. The molecule has 1 fully saturated rings. The van der Waals surface area contributed by atoms with E-state index in [1.165, 1.54) is 16.2 Å². The van der Waals surface area contributed by atoms with Crippen LogP contribution in [-0.4, -0.2) is 79.0 Å². The maximum atomic E-state index is 13.1. The normalized spacial score (nSPS) is 19.3. The third kappa shape index (κ3) is 5.11. The third-order valence-corrected chi connectivity index (χ3v) is 7.11. The number of hydrogen-bond acceptors (Lipinski definition) is 6. The van der Waals surface area contributed by atoms with Gasteiger partial charge in [-0.2, -0.15) is 0 Å². The summed E-state index contributed by atoms with van der Waals surface area (Å²) in [5.74, 6) is -0.433. The van der Waals surface area contributed by atoms with Gasteiger partial charge in [0.2, 0.25) is 0 Å². The fourth-order valence-electron chi connectivity index (χ4n) is 4.21. The van der Waals surface area contributed by atoms with E-state index in [4.69, 9.17) is 16.3 Å². The Morgan fingerprint density at radius 1 is 1.18 bits per heavy atom. The van der Waals surface area contributed by atoms with Crippen molar-refractivity contribution in [2.75, 3.05) is 46.4 Å². The molecule has 180 valence electrons. The van der Waals surface area contributed by atoms with Gasteiger partial charge in [-0.1, -0.05) is 29.8 Å². The Balaban J connectivity index is 1.58. The van der Waals surface area contributed by atoms with Gasteiger partial charge >= 0.3 is 12.0 Å². The van der Waals surface area contributed by atoms with E-state index in [9.17, 15) is 14.4 Å². The van der Waals surface area contributed by atoms with Crippen molar-refractivity contribution in [3.63, 3.8) is 0 Å². The second-order valence-corrected chi connectivity index (χ2v) is 9.51. The summed E-state index contributed by atoms with van der Waals surface area (Å²) in [5, 5.41) is 5.31. The van der Waals surface area contributed by atoms with Crippen molar-refractivity contribution >= 4 is 40.8 Å². The van der Waals surface area contributed by atoms with Crippen LogP contribution < -0.4 is 5.32 Å². The summed E-state index contributed by atoms with van der Waals surface area (Å²) in [6, 6.07) is 9.83. The van der Waals surface area contributed by atoms with E-state index < -0.39 is 12.0 Å². The number of urea groups is 1. The molecule has 0 unspecified atom stereocenters. The fourth-order valence-corrected chi connectivity index (χ4v) is 5.10. The van der Waals surface area contributed by atoms with E-state index >= 15 is 0 Å². The minimum absolute atomic E-state index is 0.0382. The van der Waals surface area contributed by atoms with Crippen LogP contribution in [0.5, 0.6) is 0 Å². The number of ether oxygens (including phenoxy) is 1. The SMILES string of the molecule is CCOC(=O)C1=C(CN2CCN(C(=O)c3cccs3)CC2)N(C)C(=O)N[C@@H]1c1cccc(Cl)c1. The van der Waals surface area contributed by atoms with Crippen LogP contribution in [0.1, 0.15) is 28.2 Å². The van der Waals surface area contributed by atoms with Crippen LogP contribution in [0.15, 0.2) is 53.0 Å². The first-order valence-corrected chi connectivity index (χ1v) is 12.4. The molecule has 10 heteroatoms. The summed E-state index contributed by atoms with van der Waals surface area (Å²) >= 11 is 7.63. The number of nitrogens with zero attached hydrogens (tertiary/aromatic N) is 3. The van der Waals surface area contributed by atoms with E-state index in [1.54, 1.807) is 32.2 Å². The first kappa shape index (κ1) is 24.3. The lowest BCUT2D eigenvalue weighted by molar-refractivity contribution is -0.139. The Labute approximate surface area is 207 Å². The Hall–Kier alpha value is -2.88. The Kier molecular flexibility index (Phi) is 7.55. The molecular formula is C24H27ClN4O4S. The first-order valence-electron chi connectivity index (χ1n) is 11.1. The second-order valence-electron chi connectivity index (χ2n) is 8.12. The van der Waals surface area contributed by atoms with Crippen molar-refractivity contribution in [2.24, 2.45) is 0 Å². The number of carbonyl (C=O) groups is 3. The predicted molar refractivity (Wildman–Crippen MR) is 131 cm³/mol. The van der Waals surface area contributed by atoms with Crippen molar-refractivity contribution in [1.29, 1.82) is 0 Å². The maximum absolute atomic E-state index is 13.1. The zero-order valence-corrected chi connectivity index (χ0v) is 20.7. The fraction of sp³-hybridized carbons (Fsp3) is 0.375. The molecule has 0 bridgehead atoms. The number of likely N-dealkylation sites (N-methyl/N-ethyl adjacent to an activating group) is 1. The predicted octanol–water partition coefficient (Wildman–Crippen LogP) is 3.37. The van der Waals surface area contributed by atoms with Crippen LogP contribution in [0.25, 0.3) is 0 Å². The molecule has 0 aliphatic carbocycles. The number of benzene rings is 1. The molecule has 2 aliphatic heterocycles.